The van der Waals surface area contributed by atoms with E-state index in [2.05, 4.69) is 50.9 Å². The highest BCUT2D eigenvalue weighted by Gasteiger charge is 2.23. The smallest absolute Gasteiger partial charge is 0.165 e. The van der Waals surface area contributed by atoms with Crippen LogP contribution >= 0.6 is 11.3 Å². The Kier molecular flexibility index (Phi) is 5.80. The fourth-order valence-corrected chi connectivity index (χ4v) is 4.55. The molecule has 156 valence electrons. The highest BCUT2D eigenvalue weighted by molar-refractivity contribution is 7.09. The number of hydrogen-bond donors (Lipinski definition) is 0. The molecule has 0 atom stereocenters. The Hall–Kier alpha value is -2.10. The van der Waals surface area contributed by atoms with Crippen LogP contribution in [0.15, 0.2) is 18.0 Å². The van der Waals surface area contributed by atoms with E-state index in [0.29, 0.717) is 6.61 Å². The topological polar surface area (TPSA) is 72.2 Å². The number of hydrogen-bond acceptors (Lipinski definition) is 8. The molecule has 8 nitrogen and oxygen atoms in total. The highest BCUT2D eigenvalue weighted by atomic mass is 32.1. The molecule has 1 fully saturated rings. The van der Waals surface area contributed by atoms with E-state index in [0.717, 1.165) is 56.3 Å². The summed E-state index contributed by atoms with van der Waals surface area (Å²) >= 11 is 1.77. The fourth-order valence-electron chi connectivity index (χ4n) is 3.49. The van der Waals surface area contributed by atoms with Crippen molar-refractivity contribution in [2.75, 3.05) is 44.8 Å². The van der Waals surface area contributed by atoms with Crippen molar-refractivity contribution in [2.45, 2.75) is 39.3 Å². The van der Waals surface area contributed by atoms with Crippen LogP contribution in [0.5, 0.6) is 0 Å². The molecule has 0 N–H and O–H groups in total. The summed E-state index contributed by atoms with van der Waals surface area (Å²) in [4.78, 5) is 23.2. The van der Waals surface area contributed by atoms with E-state index < -0.39 is 0 Å². The van der Waals surface area contributed by atoms with Gasteiger partial charge >= 0.3 is 0 Å². The van der Waals surface area contributed by atoms with Gasteiger partial charge in [-0.15, -0.1) is 11.3 Å². The number of rotatable bonds is 6. The second-order valence-corrected chi connectivity index (χ2v) is 9.38. The largest absolute Gasteiger partial charge is 0.383 e. The van der Waals surface area contributed by atoms with Crippen molar-refractivity contribution >= 4 is 28.3 Å². The monoisotopic (exact) mass is 415 g/mol. The third kappa shape index (κ3) is 4.41. The zero-order valence-electron chi connectivity index (χ0n) is 17.6. The summed E-state index contributed by atoms with van der Waals surface area (Å²) in [5, 5.41) is 3.40. The molecule has 1 saturated heterocycles. The lowest BCUT2D eigenvalue weighted by molar-refractivity contribution is 0.188. The van der Waals surface area contributed by atoms with Crippen LogP contribution in [0.3, 0.4) is 0 Å². The molecular weight excluding hydrogens is 386 g/mol. The summed E-state index contributed by atoms with van der Waals surface area (Å²) in [7, 11) is 1.70. The average molecular weight is 416 g/mol. The standard InChI is InChI=1S/C20H29N7OS/c1-20(2,3)15-12-29-16(24-15)11-25-5-7-26(8-6-25)18-17-19(22-13-21-18)27(14-23-17)9-10-28-4/h12-14H,5-11H2,1-4H3. The molecule has 0 bridgehead atoms. The van der Waals surface area contributed by atoms with Gasteiger partial charge in [-0.3, -0.25) is 4.90 Å². The number of methoxy groups -OCH3 is 1. The van der Waals surface area contributed by atoms with E-state index in [1.54, 1.807) is 24.8 Å². The molecular formula is C20H29N7OS. The third-order valence-electron chi connectivity index (χ3n) is 5.27. The van der Waals surface area contributed by atoms with E-state index in [9.17, 15) is 0 Å². The summed E-state index contributed by atoms with van der Waals surface area (Å²) < 4.78 is 7.20. The molecule has 0 spiro atoms. The van der Waals surface area contributed by atoms with Gasteiger partial charge in [0, 0.05) is 50.6 Å². The zero-order valence-corrected chi connectivity index (χ0v) is 18.4. The van der Waals surface area contributed by atoms with Crippen LogP contribution in [0.4, 0.5) is 5.82 Å². The van der Waals surface area contributed by atoms with E-state index in [1.165, 1.54) is 10.7 Å². The molecule has 1 aliphatic rings. The lowest BCUT2D eigenvalue weighted by Crippen LogP contribution is -2.46. The molecule has 9 heteroatoms. The predicted octanol–water partition coefficient (Wildman–Crippen LogP) is 2.55. The lowest BCUT2D eigenvalue weighted by Gasteiger charge is -2.34. The average Bonchev–Trinajstić information content (AvgIpc) is 3.34. The molecule has 0 unspecified atom stereocenters. The quantitative estimate of drug-likeness (QED) is 0.613. The van der Waals surface area contributed by atoms with Crippen LogP contribution in [0.25, 0.3) is 11.2 Å². The van der Waals surface area contributed by atoms with Gasteiger partial charge < -0.3 is 14.2 Å². The van der Waals surface area contributed by atoms with Crippen LogP contribution in [0, 0.1) is 0 Å². The predicted molar refractivity (Wildman–Crippen MR) is 116 cm³/mol. The molecule has 4 rings (SSSR count). The molecule has 0 amide bonds. The van der Waals surface area contributed by atoms with Gasteiger partial charge in [-0.05, 0) is 0 Å². The van der Waals surface area contributed by atoms with Crippen molar-refractivity contribution in [2.24, 2.45) is 0 Å². The van der Waals surface area contributed by atoms with E-state index >= 15 is 0 Å². The number of nitrogens with zero attached hydrogens (tertiary/aromatic N) is 7. The molecule has 0 aliphatic carbocycles. The first-order valence-electron chi connectivity index (χ1n) is 10.0. The van der Waals surface area contributed by atoms with Gasteiger partial charge in [0.1, 0.15) is 11.3 Å². The summed E-state index contributed by atoms with van der Waals surface area (Å²) in [6, 6.07) is 0. The SMILES string of the molecule is COCCn1cnc2c(N3CCN(Cc4nc(C(C)(C)C)cs4)CC3)ncnc21. The van der Waals surface area contributed by atoms with Crippen molar-refractivity contribution in [1.29, 1.82) is 0 Å². The van der Waals surface area contributed by atoms with Crippen LogP contribution in [0.1, 0.15) is 31.5 Å². The van der Waals surface area contributed by atoms with E-state index in [1.807, 2.05) is 10.9 Å². The summed E-state index contributed by atoms with van der Waals surface area (Å²) in [6.07, 6.45) is 3.46. The summed E-state index contributed by atoms with van der Waals surface area (Å²) in [6.45, 7) is 12.7. The van der Waals surface area contributed by atoms with Gasteiger partial charge in [0.2, 0.25) is 0 Å². The Balaban J connectivity index is 1.41. The van der Waals surface area contributed by atoms with Crippen molar-refractivity contribution in [1.82, 2.24) is 29.4 Å². The maximum atomic E-state index is 5.18. The van der Waals surface area contributed by atoms with Crippen LogP contribution in [-0.4, -0.2) is 69.3 Å². The zero-order chi connectivity index (χ0) is 20.4. The second kappa shape index (κ2) is 8.33. The minimum Gasteiger partial charge on any atom is -0.383 e. The molecule has 4 heterocycles. The maximum Gasteiger partial charge on any atom is 0.165 e. The first-order chi connectivity index (χ1) is 14.0. The lowest BCUT2D eigenvalue weighted by atomic mass is 9.93. The Morgan fingerprint density at radius 1 is 1.10 bits per heavy atom. The van der Waals surface area contributed by atoms with Crippen molar-refractivity contribution in [3.05, 3.63) is 28.7 Å². The minimum absolute atomic E-state index is 0.110. The Morgan fingerprint density at radius 3 is 2.59 bits per heavy atom. The van der Waals surface area contributed by atoms with Crippen molar-refractivity contribution in [3.63, 3.8) is 0 Å². The number of anilines is 1. The van der Waals surface area contributed by atoms with E-state index in [-0.39, 0.29) is 5.41 Å². The molecule has 1 aliphatic heterocycles. The number of imidazole rings is 1. The van der Waals surface area contributed by atoms with Crippen LogP contribution in [-0.2, 0) is 23.2 Å². The van der Waals surface area contributed by atoms with Gasteiger partial charge in [-0.2, -0.15) is 0 Å². The maximum absolute atomic E-state index is 5.18. The van der Waals surface area contributed by atoms with Gasteiger partial charge in [0.05, 0.1) is 25.2 Å². The normalized spacial score (nSPS) is 16.1. The summed E-state index contributed by atoms with van der Waals surface area (Å²) in [5.74, 6) is 0.926. The molecule has 0 radical (unpaired) electrons. The Morgan fingerprint density at radius 2 is 1.90 bits per heavy atom. The fraction of sp³-hybridized carbons (Fsp3) is 0.600. The first-order valence-corrected chi connectivity index (χ1v) is 10.9. The van der Waals surface area contributed by atoms with Crippen LogP contribution in [0.2, 0.25) is 0 Å². The Bertz CT molecular complexity index is 953. The van der Waals surface area contributed by atoms with E-state index in [4.69, 9.17) is 9.72 Å². The Labute approximate surface area is 175 Å². The van der Waals surface area contributed by atoms with Gasteiger partial charge in [-0.1, -0.05) is 20.8 Å². The van der Waals surface area contributed by atoms with Crippen molar-refractivity contribution < 1.29 is 4.74 Å². The van der Waals surface area contributed by atoms with Gasteiger partial charge in [0.15, 0.2) is 17.0 Å². The molecule has 29 heavy (non-hydrogen) atoms. The number of ether oxygens (including phenoxy) is 1. The number of aromatic nitrogens is 5. The third-order valence-corrected chi connectivity index (χ3v) is 6.10. The molecule has 3 aromatic rings. The van der Waals surface area contributed by atoms with Gasteiger partial charge in [-0.25, -0.2) is 19.9 Å². The van der Waals surface area contributed by atoms with Gasteiger partial charge in [0.25, 0.3) is 0 Å². The van der Waals surface area contributed by atoms with Crippen LogP contribution < -0.4 is 4.90 Å². The highest BCUT2D eigenvalue weighted by Crippen LogP contribution is 2.26. The first kappa shape index (κ1) is 20.2. The molecule has 0 aromatic carbocycles. The van der Waals surface area contributed by atoms with Crippen molar-refractivity contribution in [3.8, 4) is 0 Å². The number of thiazole rings is 1. The minimum atomic E-state index is 0.110. The summed E-state index contributed by atoms with van der Waals surface area (Å²) in [5.41, 5.74) is 3.03. The molecule has 0 saturated carbocycles. The second-order valence-electron chi connectivity index (χ2n) is 8.44. The molecule has 3 aromatic heterocycles. The number of fused-ring (bicyclic) bond motifs is 1. The number of piperazine rings is 1.